The number of rotatable bonds is 5. The normalized spacial score (nSPS) is 16.6. The fourth-order valence-corrected chi connectivity index (χ4v) is 4.10. The maximum Gasteiger partial charge on any atom is 0.186 e. The van der Waals surface area contributed by atoms with E-state index in [-0.39, 0.29) is 0 Å². The Kier molecular flexibility index (Phi) is 3.60. The van der Waals surface area contributed by atoms with E-state index in [2.05, 4.69) is 36.4 Å². The maximum atomic E-state index is 5.85. The summed E-state index contributed by atoms with van der Waals surface area (Å²) >= 11 is 3.56. The van der Waals surface area contributed by atoms with Crippen molar-refractivity contribution in [2.24, 2.45) is 5.73 Å². The second-order valence-electron chi connectivity index (χ2n) is 5.09. The first kappa shape index (κ1) is 13.1. The summed E-state index contributed by atoms with van der Waals surface area (Å²) in [5.41, 5.74) is 7.11. The van der Waals surface area contributed by atoms with E-state index < -0.39 is 0 Å². The first-order valence-electron chi connectivity index (χ1n) is 6.66. The molecule has 1 aliphatic carbocycles. The van der Waals surface area contributed by atoms with Gasteiger partial charge in [0.15, 0.2) is 5.13 Å². The van der Waals surface area contributed by atoms with E-state index in [1.165, 1.54) is 28.3 Å². The van der Waals surface area contributed by atoms with Gasteiger partial charge in [-0.3, -0.25) is 0 Å². The van der Waals surface area contributed by atoms with E-state index in [1.54, 1.807) is 22.7 Å². The van der Waals surface area contributed by atoms with Crippen LogP contribution in [0.15, 0.2) is 17.5 Å². The molecule has 1 saturated carbocycles. The zero-order valence-electron chi connectivity index (χ0n) is 11.3. The Morgan fingerprint density at radius 3 is 2.89 bits per heavy atom. The predicted molar refractivity (Wildman–Crippen MR) is 83.1 cm³/mol. The molecule has 19 heavy (non-hydrogen) atoms. The third-order valence-corrected chi connectivity index (χ3v) is 5.93. The second-order valence-corrected chi connectivity index (χ2v) is 7.13. The molecule has 0 amide bonds. The summed E-state index contributed by atoms with van der Waals surface area (Å²) in [6.45, 7) is 2.84. The summed E-state index contributed by atoms with van der Waals surface area (Å²) in [5, 5.41) is 3.23. The molecular formula is C14H19N3S2. The SMILES string of the molecule is CC(c1cccs1)N(C)c1nc(C2CC2)c(CN)s1. The zero-order valence-corrected chi connectivity index (χ0v) is 12.9. The molecule has 0 radical (unpaired) electrons. The van der Waals surface area contributed by atoms with Gasteiger partial charge in [0.2, 0.25) is 0 Å². The summed E-state index contributed by atoms with van der Waals surface area (Å²) in [6.07, 6.45) is 2.56. The van der Waals surface area contributed by atoms with Gasteiger partial charge >= 0.3 is 0 Å². The first-order valence-corrected chi connectivity index (χ1v) is 8.36. The van der Waals surface area contributed by atoms with Crippen LogP contribution in [-0.4, -0.2) is 12.0 Å². The number of thiophene rings is 1. The first-order chi connectivity index (χ1) is 9.20. The van der Waals surface area contributed by atoms with Gasteiger partial charge in [0.1, 0.15) is 0 Å². The van der Waals surface area contributed by atoms with Crippen molar-refractivity contribution in [3.63, 3.8) is 0 Å². The number of aromatic nitrogens is 1. The molecule has 0 aromatic carbocycles. The molecule has 3 rings (SSSR count). The molecule has 0 aliphatic heterocycles. The predicted octanol–water partition coefficient (Wildman–Crippen LogP) is 3.74. The van der Waals surface area contributed by atoms with Crippen LogP contribution >= 0.6 is 22.7 Å². The second kappa shape index (κ2) is 5.23. The Balaban J connectivity index is 1.85. The van der Waals surface area contributed by atoms with Crippen LogP contribution in [0.3, 0.4) is 0 Å². The largest absolute Gasteiger partial charge is 0.344 e. The highest BCUT2D eigenvalue weighted by Crippen LogP contribution is 2.44. The molecule has 1 aliphatic rings. The molecule has 1 atom stereocenters. The van der Waals surface area contributed by atoms with Crippen molar-refractivity contribution < 1.29 is 0 Å². The van der Waals surface area contributed by atoms with Crippen molar-refractivity contribution in [2.45, 2.75) is 38.3 Å². The summed E-state index contributed by atoms with van der Waals surface area (Å²) in [6, 6.07) is 4.65. The lowest BCUT2D eigenvalue weighted by molar-refractivity contribution is 0.748. The summed E-state index contributed by atoms with van der Waals surface area (Å²) in [4.78, 5) is 9.75. The van der Waals surface area contributed by atoms with Gasteiger partial charge in [-0.2, -0.15) is 0 Å². The minimum absolute atomic E-state index is 0.365. The van der Waals surface area contributed by atoms with Gasteiger partial charge in [-0.05, 0) is 31.2 Å². The summed E-state index contributed by atoms with van der Waals surface area (Å²) in [5.74, 6) is 0.675. The molecule has 0 saturated heterocycles. The van der Waals surface area contributed by atoms with Crippen LogP contribution in [0.4, 0.5) is 5.13 Å². The fourth-order valence-electron chi connectivity index (χ4n) is 2.21. The third-order valence-electron chi connectivity index (χ3n) is 3.70. The number of hydrogen-bond acceptors (Lipinski definition) is 5. The topological polar surface area (TPSA) is 42.2 Å². The minimum Gasteiger partial charge on any atom is -0.344 e. The molecular weight excluding hydrogens is 274 g/mol. The lowest BCUT2D eigenvalue weighted by Crippen LogP contribution is -2.20. The minimum atomic E-state index is 0.365. The fraction of sp³-hybridized carbons (Fsp3) is 0.500. The standard InChI is InChI=1S/C14H19N3S2/c1-9(11-4-3-7-18-11)17(2)14-16-13(10-5-6-10)12(8-15)19-14/h3-4,7,9-10H,5-6,8,15H2,1-2H3. The van der Waals surface area contributed by atoms with Crippen LogP contribution in [0.25, 0.3) is 0 Å². The molecule has 102 valence electrons. The Hall–Kier alpha value is -0.910. The Morgan fingerprint density at radius 2 is 2.32 bits per heavy atom. The van der Waals surface area contributed by atoms with E-state index in [1.807, 2.05) is 0 Å². The van der Waals surface area contributed by atoms with Crippen molar-refractivity contribution in [1.82, 2.24) is 4.98 Å². The van der Waals surface area contributed by atoms with E-state index in [0.29, 0.717) is 18.5 Å². The maximum absolute atomic E-state index is 5.85. The average Bonchev–Trinajstić information content (AvgIpc) is 2.97. The third kappa shape index (κ3) is 2.55. The number of nitrogens with zero attached hydrogens (tertiary/aromatic N) is 2. The van der Waals surface area contributed by atoms with E-state index in [4.69, 9.17) is 10.7 Å². The van der Waals surface area contributed by atoms with Gasteiger partial charge in [0, 0.05) is 29.3 Å². The quantitative estimate of drug-likeness (QED) is 0.913. The molecule has 2 aromatic heterocycles. The Labute approximate surface area is 122 Å². The molecule has 3 nitrogen and oxygen atoms in total. The smallest absolute Gasteiger partial charge is 0.186 e. The highest BCUT2D eigenvalue weighted by atomic mass is 32.1. The van der Waals surface area contributed by atoms with Crippen LogP contribution < -0.4 is 10.6 Å². The van der Waals surface area contributed by atoms with E-state index in [0.717, 1.165) is 5.13 Å². The molecule has 1 fully saturated rings. The van der Waals surface area contributed by atoms with Gasteiger partial charge in [0.05, 0.1) is 11.7 Å². The molecule has 0 bridgehead atoms. The Bertz CT molecular complexity index is 543. The van der Waals surface area contributed by atoms with E-state index >= 15 is 0 Å². The summed E-state index contributed by atoms with van der Waals surface area (Å²) < 4.78 is 0. The van der Waals surface area contributed by atoms with Crippen molar-refractivity contribution in [2.75, 3.05) is 11.9 Å². The number of anilines is 1. The van der Waals surface area contributed by atoms with Crippen LogP contribution in [0.2, 0.25) is 0 Å². The summed E-state index contributed by atoms with van der Waals surface area (Å²) in [7, 11) is 2.13. The van der Waals surface area contributed by atoms with Crippen LogP contribution in [-0.2, 0) is 6.54 Å². The lowest BCUT2D eigenvalue weighted by atomic mass is 10.2. The highest BCUT2D eigenvalue weighted by Gasteiger charge is 2.30. The van der Waals surface area contributed by atoms with Gasteiger partial charge in [-0.25, -0.2) is 4.98 Å². The van der Waals surface area contributed by atoms with Gasteiger partial charge in [-0.1, -0.05) is 6.07 Å². The number of hydrogen-bond donors (Lipinski definition) is 1. The van der Waals surface area contributed by atoms with Gasteiger partial charge < -0.3 is 10.6 Å². The van der Waals surface area contributed by atoms with Crippen molar-refractivity contribution in [3.05, 3.63) is 33.0 Å². The van der Waals surface area contributed by atoms with Gasteiger partial charge in [0.25, 0.3) is 0 Å². The van der Waals surface area contributed by atoms with Gasteiger partial charge in [-0.15, -0.1) is 22.7 Å². The molecule has 2 heterocycles. The molecule has 0 spiro atoms. The van der Waals surface area contributed by atoms with E-state index in [9.17, 15) is 0 Å². The van der Waals surface area contributed by atoms with Crippen molar-refractivity contribution in [3.8, 4) is 0 Å². The molecule has 2 aromatic rings. The highest BCUT2D eigenvalue weighted by molar-refractivity contribution is 7.15. The van der Waals surface area contributed by atoms with Crippen molar-refractivity contribution >= 4 is 27.8 Å². The number of nitrogens with two attached hydrogens (primary N) is 1. The van der Waals surface area contributed by atoms with Crippen molar-refractivity contribution in [1.29, 1.82) is 0 Å². The van der Waals surface area contributed by atoms with Crippen LogP contribution in [0, 0.1) is 0 Å². The monoisotopic (exact) mass is 293 g/mol. The molecule has 1 unspecified atom stereocenters. The molecule has 2 N–H and O–H groups in total. The molecule has 5 heteroatoms. The van der Waals surface area contributed by atoms with Crippen LogP contribution in [0.5, 0.6) is 0 Å². The number of thiazole rings is 1. The Morgan fingerprint density at radius 1 is 1.53 bits per heavy atom. The zero-order chi connectivity index (χ0) is 13.4. The lowest BCUT2D eigenvalue weighted by Gasteiger charge is -2.23. The average molecular weight is 293 g/mol. The van der Waals surface area contributed by atoms with Crippen LogP contribution in [0.1, 0.15) is 47.2 Å².